The lowest BCUT2D eigenvalue weighted by Gasteiger charge is -2.09. The predicted octanol–water partition coefficient (Wildman–Crippen LogP) is 2.78. The van der Waals surface area contributed by atoms with E-state index >= 15 is 0 Å². The number of ketones is 1. The lowest BCUT2D eigenvalue weighted by Crippen LogP contribution is -2.20. The van der Waals surface area contributed by atoms with E-state index in [1.165, 1.54) is 0 Å². The molecule has 0 saturated heterocycles. The van der Waals surface area contributed by atoms with Crippen molar-refractivity contribution in [3.05, 3.63) is 71.9 Å². The molecule has 7 heteroatoms. The summed E-state index contributed by atoms with van der Waals surface area (Å²) < 4.78 is 9.09. The molecule has 3 aromatic heterocycles. The highest BCUT2D eigenvalue weighted by molar-refractivity contribution is 6.14. The average Bonchev–Trinajstić information content (AvgIpc) is 3.27. The zero-order chi connectivity index (χ0) is 20.5. The molecular formula is C22H22N4O3. The molecule has 3 heterocycles. The predicted molar refractivity (Wildman–Crippen MR) is 110 cm³/mol. The molecule has 0 fully saturated rings. The SMILES string of the molecule is CN(C)CCOC(=O)c1c2ccc(C(=O)c3nccn3C)cc2n2ccccc12. The van der Waals surface area contributed by atoms with Gasteiger partial charge in [-0.1, -0.05) is 18.2 Å². The van der Waals surface area contributed by atoms with Gasteiger partial charge < -0.3 is 18.6 Å². The fraction of sp³-hybridized carbons (Fsp3) is 0.227. The van der Waals surface area contributed by atoms with Gasteiger partial charge in [0.05, 0.1) is 16.6 Å². The van der Waals surface area contributed by atoms with Gasteiger partial charge in [0, 0.05) is 43.1 Å². The molecule has 7 nitrogen and oxygen atoms in total. The molecule has 0 saturated carbocycles. The second-order valence-electron chi connectivity index (χ2n) is 7.19. The standard InChI is InChI=1S/C22H22N4O3/c1-24(2)12-13-29-22(28)19-16-8-7-15(20(27)21-23-9-11-25(21)3)14-18(16)26-10-5-4-6-17(19)26/h4-11,14H,12-13H2,1-3H3. The molecule has 0 unspecified atom stereocenters. The van der Waals surface area contributed by atoms with Gasteiger partial charge in [-0.2, -0.15) is 0 Å². The van der Waals surface area contributed by atoms with Crippen molar-refractivity contribution < 1.29 is 14.3 Å². The molecule has 29 heavy (non-hydrogen) atoms. The van der Waals surface area contributed by atoms with Crippen molar-refractivity contribution >= 4 is 28.2 Å². The second-order valence-corrected chi connectivity index (χ2v) is 7.19. The first kappa shape index (κ1) is 18.9. The first-order chi connectivity index (χ1) is 14.0. The van der Waals surface area contributed by atoms with Crippen molar-refractivity contribution in [1.29, 1.82) is 0 Å². The average molecular weight is 390 g/mol. The van der Waals surface area contributed by atoms with Crippen LogP contribution in [0.15, 0.2) is 55.0 Å². The number of nitrogens with zero attached hydrogens (tertiary/aromatic N) is 4. The lowest BCUT2D eigenvalue weighted by atomic mass is 10.1. The molecule has 0 amide bonds. The molecule has 0 aliphatic carbocycles. The van der Waals surface area contributed by atoms with Gasteiger partial charge in [-0.3, -0.25) is 4.79 Å². The van der Waals surface area contributed by atoms with Crippen LogP contribution >= 0.6 is 0 Å². The maximum atomic E-state index is 12.9. The third-order valence-corrected chi connectivity index (χ3v) is 4.90. The number of pyridine rings is 1. The maximum absolute atomic E-state index is 12.9. The second kappa shape index (κ2) is 7.52. The van der Waals surface area contributed by atoms with Gasteiger partial charge in [0.15, 0.2) is 5.82 Å². The minimum atomic E-state index is -0.367. The number of esters is 1. The Bertz CT molecular complexity index is 1220. The van der Waals surface area contributed by atoms with Crippen molar-refractivity contribution in [1.82, 2.24) is 18.9 Å². The van der Waals surface area contributed by atoms with Crippen LogP contribution < -0.4 is 0 Å². The van der Waals surface area contributed by atoms with Crippen LogP contribution in [0.25, 0.3) is 16.4 Å². The number of carbonyl (C=O) groups excluding carboxylic acids is 2. The van der Waals surface area contributed by atoms with E-state index in [2.05, 4.69) is 4.98 Å². The Balaban J connectivity index is 1.80. The Hall–Kier alpha value is -3.45. The maximum Gasteiger partial charge on any atom is 0.341 e. The molecule has 0 spiro atoms. The zero-order valence-corrected chi connectivity index (χ0v) is 16.6. The van der Waals surface area contributed by atoms with Crippen LogP contribution in [0.5, 0.6) is 0 Å². The number of benzene rings is 1. The number of ether oxygens (including phenoxy) is 1. The molecule has 4 rings (SSSR count). The van der Waals surface area contributed by atoms with E-state index in [0.29, 0.717) is 30.1 Å². The molecule has 0 atom stereocenters. The highest BCUT2D eigenvalue weighted by Crippen LogP contribution is 2.29. The van der Waals surface area contributed by atoms with Gasteiger partial charge in [-0.15, -0.1) is 0 Å². The van der Waals surface area contributed by atoms with Crippen LogP contribution in [-0.2, 0) is 11.8 Å². The molecule has 0 aliphatic rings. The van der Waals surface area contributed by atoms with Crippen molar-refractivity contribution in [3.8, 4) is 0 Å². The topological polar surface area (TPSA) is 68.8 Å². The van der Waals surface area contributed by atoms with Crippen molar-refractivity contribution in [3.63, 3.8) is 0 Å². The largest absolute Gasteiger partial charge is 0.461 e. The van der Waals surface area contributed by atoms with Gasteiger partial charge in [-0.05, 0) is 32.3 Å². The smallest absolute Gasteiger partial charge is 0.341 e. The number of aromatic nitrogens is 3. The summed E-state index contributed by atoms with van der Waals surface area (Å²) in [5.74, 6) is -0.164. The summed E-state index contributed by atoms with van der Waals surface area (Å²) in [7, 11) is 5.64. The molecule has 0 bridgehead atoms. The summed E-state index contributed by atoms with van der Waals surface area (Å²) in [6, 6.07) is 11.0. The van der Waals surface area contributed by atoms with Gasteiger partial charge in [0.1, 0.15) is 6.61 Å². The van der Waals surface area contributed by atoms with Crippen LogP contribution in [0.4, 0.5) is 0 Å². The van der Waals surface area contributed by atoms with E-state index in [4.69, 9.17) is 4.74 Å². The van der Waals surface area contributed by atoms with E-state index < -0.39 is 0 Å². The van der Waals surface area contributed by atoms with E-state index in [1.54, 1.807) is 42.2 Å². The summed E-state index contributed by atoms with van der Waals surface area (Å²) in [5, 5.41) is 0.752. The Labute approximate surface area is 168 Å². The molecule has 0 N–H and O–H groups in total. The van der Waals surface area contributed by atoms with Gasteiger partial charge in [0.2, 0.25) is 5.78 Å². The van der Waals surface area contributed by atoms with Crippen LogP contribution in [0.3, 0.4) is 0 Å². The fourth-order valence-corrected chi connectivity index (χ4v) is 3.40. The molecule has 1 aromatic carbocycles. The lowest BCUT2D eigenvalue weighted by molar-refractivity contribution is 0.0486. The van der Waals surface area contributed by atoms with Crippen molar-refractivity contribution in [2.24, 2.45) is 7.05 Å². The molecule has 148 valence electrons. The Morgan fingerprint density at radius 3 is 2.66 bits per heavy atom. The van der Waals surface area contributed by atoms with Crippen LogP contribution in [0.2, 0.25) is 0 Å². The van der Waals surface area contributed by atoms with Crippen LogP contribution in [0, 0.1) is 0 Å². The van der Waals surface area contributed by atoms with Gasteiger partial charge in [-0.25, -0.2) is 9.78 Å². The summed E-state index contributed by atoms with van der Waals surface area (Å²) in [6.45, 7) is 0.963. The molecule has 0 radical (unpaired) electrons. The summed E-state index contributed by atoms with van der Waals surface area (Å²) in [5.41, 5.74) is 2.55. The Morgan fingerprint density at radius 2 is 1.93 bits per heavy atom. The third-order valence-electron chi connectivity index (χ3n) is 4.90. The van der Waals surface area contributed by atoms with E-state index in [0.717, 1.165) is 16.4 Å². The van der Waals surface area contributed by atoms with Crippen LogP contribution in [0.1, 0.15) is 26.5 Å². The Kier molecular flexibility index (Phi) is 4.90. The number of hydrogen-bond acceptors (Lipinski definition) is 5. The number of likely N-dealkylation sites (N-methyl/N-ethyl adjacent to an activating group) is 1. The van der Waals surface area contributed by atoms with Crippen molar-refractivity contribution in [2.45, 2.75) is 0 Å². The fourth-order valence-electron chi connectivity index (χ4n) is 3.40. The number of aryl methyl sites for hydroxylation is 1. The van der Waals surface area contributed by atoms with Gasteiger partial charge >= 0.3 is 5.97 Å². The number of carbonyl (C=O) groups is 2. The number of rotatable bonds is 6. The normalized spacial score (nSPS) is 11.4. The van der Waals surface area contributed by atoms with E-state index in [-0.39, 0.29) is 11.8 Å². The first-order valence-electron chi connectivity index (χ1n) is 9.34. The molecule has 4 aromatic rings. The first-order valence-corrected chi connectivity index (χ1v) is 9.34. The van der Waals surface area contributed by atoms with E-state index in [1.807, 2.05) is 47.8 Å². The summed E-state index contributed by atoms with van der Waals surface area (Å²) in [4.78, 5) is 31.8. The summed E-state index contributed by atoms with van der Waals surface area (Å²) >= 11 is 0. The third kappa shape index (κ3) is 3.40. The Morgan fingerprint density at radius 1 is 1.10 bits per heavy atom. The monoisotopic (exact) mass is 390 g/mol. The molecule has 0 aliphatic heterocycles. The highest BCUT2D eigenvalue weighted by atomic mass is 16.5. The minimum Gasteiger partial charge on any atom is -0.461 e. The zero-order valence-electron chi connectivity index (χ0n) is 16.6. The van der Waals surface area contributed by atoms with Crippen LogP contribution in [-0.4, -0.2) is 57.9 Å². The van der Waals surface area contributed by atoms with Crippen molar-refractivity contribution in [2.75, 3.05) is 27.2 Å². The minimum absolute atomic E-state index is 0.166. The number of imidazole rings is 1. The highest BCUT2D eigenvalue weighted by Gasteiger charge is 2.21. The van der Waals surface area contributed by atoms with E-state index in [9.17, 15) is 9.59 Å². The summed E-state index contributed by atoms with van der Waals surface area (Å²) in [6.07, 6.45) is 5.21. The van der Waals surface area contributed by atoms with Gasteiger partial charge in [0.25, 0.3) is 0 Å². The molecular weight excluding hydrogens is 368 g/mol. The number of fused-ring (bicyclic) bond motifs is 3. The number of hydrogen-bond donors (Lipinski definition) is 0. The quantitative estimate of drug-likeness (QED) is 0.374.